The first-order valence-corrected chi connectivity index (χ1v) is 8.37. The Kier molecular flexibility index (Phi) is 2.98. The fourth-order valence-corrected chi connectivity index (χ4v) is 4.66. The Bertz CT molecular complexity index is 833. The second-order valence-electron chi connectivity index (χ2n) is 7.32. The first-order valence-electron chi connectivity index (χ1n) is 8.37. The SMILES string of the molecule is CC1=CC(=O)C23CCC(=O)C2=C(C)N(c2ccc(C)cc2)C1(O)C3. The Hall–Kier alpha value is -2.20. The molecule has 24 heavy (non-hydrogen) atoms. The standard InChI is InChI=1S/C20H21NO3/c1-12-4-6-15(7-5-12)21-14(3)18-16(22)8-9-19(18)11-20(21,24)13(2)10-17(19)23/h4-7,10,24H,8-9,11H2,1-3H3. The summed E-state index contributed by atoms with van der Waals surface area (Å²) in [4.78, 5) is 27.1. The van der Waals surface area contributed by atoms with Gasteiger partial charge in [-0.05, 0) is 51.0 Å². The van der Waals surface area contributed by atoms with Crippen molar-refractivity contribution in [2.24, 2.45) is 5.41 Å². The summed E-state index contributed by atoms with van der Waals surface area (Å²) < 4.78 is 0. The van der Waals surface area contributed by atoms with Crippen molar-refractivity contribution in [3.8, 4) is 0 Å². The summed E-state index contributed by atoms with van der Waals surface area (Å²) in [7, 11) is 0. The van der Waals surface area contributed by atoms with Crippen LogP contribution in [0.3, 0.4) is 0 Å². The number of nitrogens with zero attached hydrogens (tertiary/aromatic N) is 1. The molecule has 0 saturated heterocycles. The lowest BCUT2D eigenvalue weighted by atomic mass is 9.63. The highest BCUT2D eigenvalue weighted by atomic mass is 16.3. The molecule has 2 unspecified atom stereocenters. The van der Waals surface area contributed by atoms with Crippen LogP contribution in [0.15, 0.2) is 47.2 Å². The third-order valence-electron chi connectivity index (χ3n) is 5.89. The predicted molar refractivity (Wildman–Crippen MR) is 91.4 cm³/mol. The normalized spacial score (nSPS) is 32.2. The van der Waals surface area contributed by atoms with Crippen LogP contribution in [0.5, 0.6) is 0 Å². The molecule has 3 aliphatic rings. The fraction of sp³-hybridized carbons (Fsp3) is 0.400. The number of anilines is 1. The summed E-state index contributed by atoms with van der Waals surface area (Å²) in [6, 6.07) is 7.88. The molecular formula is C20H21NO3. The smallest absolute Gasteiger partial charge is 0.166 e. The molecule has 1 spiro atoms. The number of carbonyl (C=O) groups is 2. The van der Waals surface area contributed by atoms with Crippen LogP contribution in [0.4, 0.5) is 5.69 Å². The average molecular weight is 323 g/mol. The van der Waals surface area contributed by atoms with Crippen molar-refractivity contribution in [1.29, 1.82) is 0 Å². The van der Waals surface area contributed by atoms with Gasteiger partial charge in [-0.25, -0.2) is 0 Å². The zero-order valence-electron chi connectivity index (χ0n) is 14.2. The molecule has 1 heterocycles. The number of hydrogen-bond donors (Lipinski definition) is 1. The van der Waals surface area contributed by atoms with E-state index in [1.165, 1.54) is 6.08 Å². The maximum atomic E-state index is 12.7. The highest BCUT2D eigenvalue weighted by molar-refractivity contribution is 6.13. The maximum Gasteiger partial charge on any atom is 0.166 e. The van der Waals surface area contributed by atoms with Gasteiger partial charge in [-0.2, -0.15) is 0 Å². The number of aliphatic hydroxyl groups is 1. The van der Waals surface area contributed by atoms with Crippen LogP contribution in [0, 0.1) is 12.3 Å². The van der Waals surface area contributed by atoms with Gasteiger partial charge in [0.25, 0.3) is 0 Å². The molecule has 0 radical (unpaired) electrons. The molecule has 1 saturated carbocycles. The number of fused-ring (bicyclic) bond motifs is 1. The van der Waals surface area contributed by atoms with Gasteiger partial charge in [-0.3, -0.25) is 9.59 Å². The van der Waals surface area contributed by atoms with E-state index in [4.69, 9.17) is 0 Å². The summed E-state index contributed by atoms with van der Waals surface area (Å²) in [6.07, 6.45) is 2.68. The summed E-state index contributed by atoms with van der Waals surface area (Å²) in [5, 5.41) is 11.5. The molecule has 1 N–H and O–H groups in total. The van der Waals surface area contributed by atoms with E-state index < -0.39 is 11.1 Å². The van der Waals surface area contributed by atoms with Crippen LogP contribution < -0.4 is 4.90 Å². The summed E-state index contributed by atoms with van der Waals surface area (Å²) in [5.74, 6) is 0.00129. The number of carbonyl (C=O) groups excluding carboxylic acids is 2. The van der Waals surface area contributed by atoms with Gasteiger partial charge in [-0.15, -0.1) is 0 Å². The van der Waals surface area contributed by atoms with Crippen molar-refractivity contribution < 1.29 is 14.7 Å². The zero-order chi connectivity index (χ0) is 17.3. The minimum absolute atomic E-state index is 0.0339. The van der Waals surface area contributed by atoms with Gasteiger partial charge in [0.05, 0.1) is 5.41 Å². The number of Topliss-reactive ketones (excluding diaryl/α,β-unsaturated/α-hetero) is 1. The van der Waals surface area contributed by atoms with Gasteiger partial charge in [0.15, 0.2) is 17.3 Å². The van der Waals surface area contributed by atoms with Gasteiger partial charge in [0.1, 0.15) is 0 Å². The largest absolute Gasteiger partial charge is 0.367 e. The highest BCUT2D eigenvalue weighted by Crippen LogP contribution is 2.58. The first kappa shape index (κ1) is 15.3. The molecule has 4 rings (SSSR count). The third-order valence-corrected chi connectivity index (χ3v) is 5.89. The van der Waals surface area contributed by atoms with Crippen molar-refractivity contribution in [2.75, 3.05) is 4.90 Å². The van der Waals surface area contributed by atoms with Crippen LogP contribution >= 0.6 is 0 Å². The van der Waals surface area contributed by atoms with E-state index in [-0.39, 0.29) is 18.0 Å². The number of hydrogen-bond acceptors (Lipinski definition) is 4. The third kappa shape index (κ3) is 1.72. The molecule has 1 aromatic carbocycles. The van der Waals surface area contributed by atoms with Gasteiger partial charge in [-0.1, -0.05) is 17.7 Å². The first-order chi connectivity index (χ1) is 11.3. The highest BCUT2D eigenvalue weighted by Gasteiger charge is 2.61. The molecule has 2 atom stereocenters. The van der Waals surface area contributed by atoms with Crippen LogP contribution in [0.25, 0.3) is 0 Å². The van der Waals surface area contributed by atoms with E-state index in [9.17, 15) is 14.7 Å². The van der Waals surface area contributed by atoms with Gasteiger partial charge >= 0.3 is 0 Å². The van der Waals surface area contributed by atoms with Gasteiger partial charge in [0.2, 0.25) is 0 Å². The van der Waals surface area contributed by atoms with Crippen LogP contribution in [0.2, 0.25) is 0 Å². The maximum absolute atomic E-state index is 12.7. The lowest BCUT2D eigenvalue weighted by molar-refractivity contribution is -0.128. The fourth-order valence-electron chi connectivity index (χ4n) is 4.66. The number of ketones is 2. The Morgan fingerprint density at radius 1 is 1.08 bits per heavy atom. The van der Waals surface area contributed by atoms with Crippen molar-refractivity contribution in [3.63, 3.8) is 0 Å². The second-order valence-corrected chi connectivity index (χ2v) is 7.32. The number of allylic oxidation sites excluding steroid dienone is 3. The van der Waals surface area contributed by atoms with E-state index >= 15 is 0 Å². The Labute approximate surface area is 141 Å². The molecule has 0 aromatic heterocycles. The summed E-state index contributed by atoms with van der Waals surface area (Å²) >= 11 is 0. The second kappa shape index (κ2) is 4.67. The lowest BCUT2D eigenvalue weighted by Gasteiger charge is -2.53. The van der Waals surface area contributed by atoms with Gasteiger partial charge < -0.3 is 10.0 Å². The zero-order valence-corrected chi connectivity index (χ0v) is 14.2. The van der Waals surface area contributed by atoms with E-state index in [2.05, 4.69) is 0 Å². The summed E-state index contributed by atoms with van der Waals surface area (Å²) in [6.45, 7) is 5.65. The molecule has 1 fully saturated rings. The van der Waals surface area contributed by atoms with Crippen molar-refractivity contribution in [2.45, 2.75) is 45.8 Å². The van der Waals surface area contributed by atoms with Crippen molar-refractivity contribution in [1.82, 2.24) is 0 Å². The molecule has 1 aromatic rings. The Morgan fingerprint density at radius 2 is 1.75 bits per heavy atom. The van der Waals surface area contributed by atoms with Crippen LogP contribution in [-0.2, 0) is 9.59 Å². The van der Waals surface area contributed by atoms with Crippen LogP contribution in [0.1, 0.15) is 38.7 Å². The van der Waals surface area contributed by atoms with Gasteiger partial charge in [0, 0.05) is 29.8 Å². The monoisotopic (exact) mass is 323 g/mol. The topological polar surface area (TPSA) is 57.6 Å². The number of benzene rings is 1. The number of rotatable bonds is 1. The molecule has 0 amide bonds. The Balaban J connectivity index is 2.00. The number of aryl methyl sites for hydroxylation is 1. The average Bonchev–Trinajstić information content (AvgIpc) is 2.85. The van der Waals surface area contributed by atoms with E-state index in [1.54, 1.807) is 6.92 Å². The molecule has 4 heteroatoms. The molecule has 2 aliphatic carbocycles. The molecule has 4 nitrogen and oxygen atoms in total. The van der Waals surface area contributed by atoms with Crippen molar-refractivity contribution in [3.05, 3.63) is 52.7 Å². The lowest BCUT2D eigenvalue weighted by Crippen LogP contribution is -2.60. The van der Waals surface area contributed by atoms with E-state index in [0.29, 0.717) is 29.7 Å². The summed E-state index contributed by atoms with van der Waals surface area (Å²) in [5.41, 5.74) is 1.81. The molecule has 124 valence electrons. The minimum atomic E-state index is -1.26. The molecule has 2 bridgehead atoms. The molecular weight excluding hydrogens is 302 g/mol. The minimum Gasteiger partial charge on any atom is -0.367 e. The Morgan fingerprint density at radius 3 is 2.42 bits per heavy atom. The van der Waals surface area contributed by atoms with Crippen molar-refractivity contribution >= 4 is 17.3 Å². The molecule has 1 aliphatic heterocycles. The van der Waals surface area contributed by atoms with E-state index in [0.717, 1.165) is 11.3 Å². The van der Waals surface area contributed by atoms with E-state index in [1.807, 2.05) is 43.0 Å². The van der Waals surface area contributed by atoms with Crippen LogP contribution in [-0.4, -0.2) is 22.4 Å². The quantitative estimate of drug-likeness (QED) is 0.863. The predicted octanol–water partition coefficient (Wildman–Crippen LogP) is 3.05.